The maximum absolute atomic E-state index is 3.62. The molecule has 1 atom stereocenters. The molecule has 21 heavy (non-hydrogen) atoms. The Hall–Kier alpha value is -1.12. The molecule has 1 aromatic carbocycles. The van der Waals surface area contributed by atoms with Gasteiger partial charge in [-0.05, 0) is 61.2 Å². The molecule has 0 aliphatic rings. The van der Waals surface area contributed by atoms with Crippen LogP contribution in [0.2, 0.25) is 0 Å². The first-order valence-electron chi connectivity index (χ1n) is 7.95. The lowest BCUT2D eigenvalue weighted by molar-refractivity contribution is 0.422. The largest absolute Gasteiger partial charge is 0.314 e. The van der Waals surface area contributed by atoms with Crippen LogP contribution >= 0.6 is 11.3 Å². The zero-order chi connectivity index (χ0) is 15.1. The van der Waals surface area contributed by atoms with Crippen LogP contribution < -0.4 is 5.32 Å². The van der Waals surface area contributed by atoms with Crippen LogP contribution in [0.5, 0.6) is 0 Å². The number of rotatable bonds is 8. The van der Waals surface area contributed by atoms with Crippen molar-refractivity contribution in [2.75, 3.05) is 6.54 Å². The van der Waals surface area contributed by atoms with Gasteiger partial charge in [0.05, 0.1) is 0 Å². The van der Waals surface area contributed by atoms with E-state index >= 15 is 0 Å². The van der Waals surface area contributed by atoms with Gasteiger partial charge in [0.1, 0.15) is 0 Å². The molecular weight excluding hydrogens is 274 g/mol. The zero-order valence-corrected chi connectivity index (χ0v) is 14.2. The number of aryl methyl sites for hydroxylation is 2. The van der Waals surface area contributed by atoms with Crippen LogP contribution in [0, 0.1) is 12.8 Å². The SMILES string of the molecule is Cc1ccccc1CC(CCc1cccs1)CNC(C)C. The highest BCUT2D eigenvalue weighted by atomic mass is 32.1. The lowest BCUT2D eigenvalue weighted by Gasteiger charge is -2.20. The molecule has 0 amide bonds. The van der Waals surface area contributed by atoms with Crippen LogP contribution in [0.3, 0.4) is 0 Å². The topological polar surface area (TPSA) is 12.0 Å². The summed E-state index contributed by atoms with van der Waals surface area (Å²) in [5.74, 6) is 0.704. The van der Waals surface area contributed by atoms with E-state index in [1.165, 1.54) is 35.3 Å². The third-order valence-corrected chi connectivity index (χ3v) is 4.90. The van der Waals surface area contributed by atoms with Gasteiger partial charge >= 0.3 is 0 Å². The van der Waals surface area contributed by atoms with E-state index < -0.39 is 0 Å². The van der Waals surface area contributed by atoms with Gasteiger partial charge in [-0.1, -0.05) is 44.2 Å². The van der Waals surface area contributed by atoms with E-state index in [1.54, 1.807) is 0 Å². The van der Waals surface area contributed by atoms with Gasteiger partial charge in [0.15, 0.2) is 0 Å². The highest BCUT2D eigenvalue weighted by molar-refractivity contribution is 7.09. The molecule has 0 bridgehead atoms. The quantitative estimate of drug-likeness (QED) is 0.735. The molecule has 0 saturated heterocycles. The van der Waals surface area contributed by atoms with E-state index in [9.17, 15) is 0 Å². The van der Waals surface area contributed by atoms with Crippen molar-refractivity contribution in [3.05, 3.63) is 57.8 Å². The highest BCUT2D eigenvalue weighted by Gasteiger charge is 2.12. The fourth-order valence-electron chi connectivity index (χ4n) is 2.63. The Morgan fingerprint density at radius 2 is 1.90 bits per heavy atom. The molecule has 1 aromatic heterocycles. The van der Waals surface area contributed by atoms with E-state index in [0.29, 0.717) is 12.0 Å². The van der Waals surface area contributed by atoms with Crippen LogP contribution in [0.4, 0.5) is 0 Å². The first-order chi connectivity index (χ1) is 10.1. The van der Waals surface area contributed by atoms with Crippen molar-refractivity contribution in [3.63, 3.8) is 0 Å². The predicted octanol–water partition coefficient (Wildman–Crippen LogP) is 4.85. The van der Waals surface area contributed by atoms with Gasteiger partial charge < -0.3 is 5.32 Å². The monoisotopic (exact) mass is 301 g/mol. The van der Waals surface area contributed by atoms with Crippen LogP contribution in [0.25, 0.3) is 0 Å². The molecule has 0 saturated carbocycles. The summed E-state index contributed by atoms with van der Waals surface area (Å²) in [6, 6.07) is 13.8. The maximum Gasteiger partial charge on any atom is 0.00453 e. The molecule has 0 aliphatic heterocycles. The first kappa shape index (κ1) is 16.3. The number of thiophene rings is 1. The van der Waals surface area contributed by atoms with Crippen molar-refractivity contribution in [2.45, 2.75) is 46.1 Å². The van der Waals surface area contributed by atoms with Crippen molar-refractivity contribution in [2.24, 2.45) is 5.92 Å². The van der Waals surface area contributed by atoms with Crippen molar-refractivity contribution >= 4 is 11.3 Å². The minimum Gasteiger partial charge on any atom is -0.314 e. The Balaban J connectivity index is 1.95. The Morgan fingerprint density at radius 1 is 1.10 bits per heavy atom. The Labute approximate surface area is 133 Å². The minimum atomic E-state index is 0.561. The molecule has 1 nitrogen and oxygen atoms in total. The van der Waals surface area contributed by atoms with E-state index in [0.717, 1.165) is 6.54 Å². The number of hydrogen-bond donors (Lipinski definition) is 1. The van der Waals surface area contributed by atoms with E-state index in [-0.39, 0.29) is 0 Å². The lowest BCUT2D eigenvalue weighted by atomic mass is 9.92. The van der Waals surface area contributed by atoms with Gasteiger partial charge in [0, 0.05) is 10.9 Å². The Kier molecular flexibility index (Phi) is 6.47. The van der Waals surface area contributed by atoms with Crippen LogP contribution in [-0.2, 0) is 12.8 Å². The summed E-state index contributed by atoms with van der Waals surface area (Å²) in [5, 5.41) is 5.80. The Bertz CT molecular complexity index is 516. The molecule has 1 N–H and O–H groups in total. The van der Waals surface area contributed by atoms with Crippen LogP contribution in [-0.4, -0.2) is 12.6 Å². The third-order valence-electron chi connectivity index (χ3n) is 3.96. The fraction of sp³-hybridized carbons (Fsp3) is 0.474. The normalized spacial score (nSPS) is 12.8. The highest BCUT2D eigenvalue weighted by Crippen LogP contribution is 2.19. The van der Waals surface area contributed by atoms with Gasteiger partial charge in [-0.3, -0.25) is 0 Å². The summed E-state index contributed by atoms with van der Waals surface area (Å²) in [7, 11) is 0. The van der Waals surface area contributed by atoms with E-state index in [1.807, 2.05) is 11.3 Å². The number of nitrogens with one attached hydrogen (secondary N) is 1. The zero-order valence-electron chi connectivity index (χ0n) is 13.4. The number of hydrogen-bond acceptors (Lipinski definition) is 2. The average Bonchev–Trinajstić information content (AvgIpc) is 2.97. The second-order valence-electron chi connectivity index (χ2n) is 6.18. The van der Waals surface area contributed by atoms with E-state index in [2.05, 4.69) is 67.9 Å². The first-order valence-corrected chi connectivity index (χ1v) is 8.83. The number of benzene rings is 1. The molecule has 0 aliphatic carbocycles. The van der Waals surface area contributed by atoms with Gasteiger partial charge in [-0.15, -0.1) is 11.3 Å². The minimum absolute atomic E-state index is 0.561. The molecule has 114 valence electrons. The second-order valence-corrected chi connectivity index (χ2v) is 7.21. The standard InChI is InChI=1S/C19H27NS/c1-15(2)20-14-17(10-11-19-9-6-12-21-19)13-18-8-5-4-7-16(18)3/h4-9,12,15,17,20H,10-11,13-14H2,1-3H3. The summed E-state index contributed by atoms with van der Waals surface area (Å²) >= 11 is 1.88. The van der Waals surface area contributed by atoms with Gasteiger partial charge in [-0.25, -0.2) is 0 Å². The molecule has 1 heterocycles. The summed E-state index contributed by atoms with van der Waals surface area (Å²) < 4.78 is 0. The lowest BCUT2D eigenvalue weighted by Crippen LogP contribution is -2.30. The van der Waals surface area contributed by atoms with Gasteiger partial charge in [0.2, 0.25) is 0 Å². The molecule has 0 radical (unpaired) electrons. The molecule has 0 spiro atoms. The van der Waals surface area contributed by atoms with Crippen molar-refractivity contribution in [1.82, 2.24) is 5.32 Å². The summed E-state index contributed by atoms with van der Waals surface area (Å²) in [6.07, 6.45) is 3.64. The molecule has 2 rings (SSSR count). The summed E-state index contributed by atoms with van der Waals surface area (Å²) in [6.45, 7) is 7.78. The molecule has 0 fully saturated rings. The van der Waals surface area contributed by atoms with Crippen molar-refractivity contribution < 1.29 is 0 Å². The fourth-order valence-corrected chi connectivity index (χ4v) is 3.35. The molecule has 2 heteroatoms. The van der Waals surface area contributed by atoms with Gasteiger partial charge in [0.25, 0.3) is 0 Å². The summed E-state index contributed by atoms with van der Waals surface area (Å²) in [5.41, 5.74) is 2.92. The predicted molar refractivity (Wildman–Crippen MR) is 94.2 cm³/mol. The second kappa shape index (κ2) is 8.35. The van der Waals surface area contributed by atoms with Crippen molar-refractivity contribution in [1.29, 1.82) is 0 Å². The molecule has 2 aromatic rings. The molecule has 1 unspecified atom stereocenters. The van der Waals surface area contributed by atoms with Gasteiger partial charge in [-0.2, -0.15) is 0 Å². The summed E-state index contributed by atoms with van der Waals surface area (Å²) in [4.78, 5) is 1.51. The smallest absolute Gasteiger partial charge is 0.00453 e. The third kappa shape index (κ3) is 5.64. The van der Waals surface area contributed by atoms with E-state index in [4.69, 9.17) is 0 Å². The Morgan fingerprint density at radius 3 is 2.57 bits per heavy atom. The van der Waals surface area contributed by atoms with Crippen LogP contribution in [0.15, 0.2) is 41.8 Å². The van der Waals surface area contributed by atoms with Crippen molar-refractivity contribution in [3.8, 4) is 0 Å². The van der Waals surface area contributed by atoms with Crippen LogP contribution in [0.1, 0.15) is 36.3 Å². The molecular formula is C19H27NS. The average molecular weight is 301 g/mol. The maximum atomic E-state index is 3.62.